The molecule has 3 rings (SSSR count). The molecule has 8 heteroatoms. The van der Waals surface area contributed by atoms with Crippen LogP contribution in [0.3, 0.4) is 0 Å². The van der Waals surface area contributed by atoms with Crippen LogP contribution in [0.5, 0.6) is 0 Å². The van der Waals surface area contributed by atoms with E-state index in [-0.39, 0.29) is 11.9 Å². The topological polar surface area (TPSA) is 108 Å². The monoisotopic (exact) mass is 376 g/mol. The van der Waals surface area contributed by atoms with Crippen LogP contribution in [0, 0.1) is 18.3 Å². The van der Waals surface area contributed by atoms with Crippen LogP contribution in [0.25, 0.3) is 0 Å². The molecule has 1 N–H and O–H groups in total. The number of anilines is 1. The zero-order valence-corrected chi connectivity index (χ0v) is 15.9. The number of hydrogen-bond acceptors (Lipinski definition) is 7. The molecule has 0 spiro atoms. The number of benzene rings is 1. The lowest BCUT2D eigenvalue weighted by atomic mass is 10.1. The predicted molar refractivity (Wildman–Crippen MR) is 102 cm³/mol. The van der Waals surface area contributed by atoms with Crippen LogP contribution >= 0.6 is 0 Å². The molecule has 0 bridgehead atoms. The van der Waals surface area contributed by atoms with Crippen molar-refractivity contribution < 1.29 is 9.32 Å². The molecule has 0 aliphatic carbocycles. The summed E-state index contributed by atoms with van der Waals surface area (Å²) in [6.45, 7) is 4.46. The highest BCUT2D eigenvalue weighted by atomic mass is 16.5. The third kappa shape index (κ3) is 4.58. The van der Waals surface area contributed by atoms with Gasteiger partial charge in [0, 0.05) is 18.3 Å². The SMILES string of the molecule is Cc1noc(C(C)N(C)Cc2ccc(C(=O)Nc3ccc(C#N)cn3)cc2)n1. The highest BCUT2D eigenvalue weighted by Crippen LogP contribution is 2.19. The summed E-state index contributed by atoms with van der Waals surface area (Å²) >= 11 is 0. The van der Waals surface area contributed by atoms with Gasteiger partial charge in [0.05, 0.1) is 11.6 Å². The standard InChI is InChI=1S/C20H20N6O2/c1-13(20-23-14(2)25-28-20)26(3)12-15-4-7-17(8-5-15)19(27)24-18-9-6-16(10-21)11-22-18/h4-9,11,13H,12H2,1-3H3,(H,22,24,27). The molecule has 1 aromatic carbocycles. The van der Waals surface area contributed by atoms with E-state index in [1.54, 1.807) is 31.2 Å². The minimum absolute atomic E-state index is 0.0216. The van der Waals surface area contributed by atoms with Crippen molar-refractivity contribution in [3.63, 3.8) is 0 Å². The molecule has 2 heterocycles. The fourth-order valence-corrected chi connectivity index (χ4v) is 2.58. The van der Waals surface area contributed by atoms with Gasteiger partial charge >= 0.3 is 0 Å². The number of amides is 1. The molecule has 28 heavy (non-hydrogen) atoms. The number of nitriles is 1. The van der Waals surface area contributed by atoms with E-state index in [0.29, 0.717) is 35.2 Å². The zero-order valence-electron chi connectivity index (χ0n) is 15.9. The lowest BCUT2D eigenvalue weighted by Crippen LogP contribution is -2.22. The van der Waals surface area contributed by atoms with Gasteiger partial charge in [-0.1, -0.05) is 17.3 Å². The van der Waals surface area contributed by atoms with Gasteiger partial charge in [0.1, 0.15) is 11.9 Å². The molecule has 2 aromatic heterocycles. The Hall–Kier alpha value is -3.57. The summed E-state index contributed by atoms with van der Waals surface area (Å²) in [6, 6.07) is 12.5. The van der Waals surface area contributed by atoms with Crippen LogP contribution in [0.1, 0.15) is 46.2 Å². The van der Waals surface area contributed by atoms with Crippen molar-refractivity contribution in [2.24, 2.45) is 0 Å². The molecule has 0 saturated carbocycles. The highest BCUT2D eigenvalue weighted by molar-refractivity contribution is 6.03. The van der Waals surface area contributed by atoms with Gasteiger partial charge in [-0.2, -0.15) is 10.2 Å². The summed E-state index contributed by atoms with van der Waals surface area (Å²) in [5.41, 5.74) is 2.02. The molecule has 0 saturated heterocycles. The van der Waals surface area contributed by atoms with E-state index < -0.39 is 0 Å². The number of pyridine rings is 1. The van der Waals surface area contributed by atoms with E-state index in [1.165, 1.54) is 6.20 Å². The molecule has 8 nitrogen and oxygen atoms in total. The number of aromatic nitrogens is 3. The van der Waals surface area contributed by atoms with Gasteiger partial charge in [0.25, 0.3) is 5.91 Å². The highest BCUT2D eigenvalue weighted by Gasteiger charge is 2.18. The zero-order chi connectivity index (χ0) is 20.1. The second-order valence-electron chi connectivity index (χ2n) is 6.47. The molecule has 1 atom stereocenters. The normalized spacial score (nSPS) is 11.8. The van der Waals surface area contributed by atoms with E-state index >= 15 is 0 Å². The molecule has 0 aliphatic rings. The number of carbonyl (C=O) groups excluding carboxylic acids is 1. The lowest BCUT2D eigenvalue weighted by molar-refractivity contribution is 0.102. The Kier molecular flexibility index (Phi) is 5.77. The molecule has 3 aromatic rings. The Morgan fingerprint density at radius 2 is 2.04 bits per heavy atom. The van der Waals surface area contributed by atoms with E-state index in [0.717, 1.165) is 5.56 Å². The Bertz CT molecular complexity index is 989. The largest absolute Gasteiger partial charge is 0.338 e. The summed E-state index contributed by atoms with van der Waals surface area (Å²) in [5.74, 6) is 1.33. The first-order chi connectivity index (χ1) is 13.5. The summed E-state index contributed by atoms with van der Waals surface area (Å²) < 4.78 is 5.23. The number of rotatable bonds is 6. The number of nitrogens with one attached hydrogen (secondary N) is 1. The minimum atomic E-state index is -0.258. The van der Waals surface area contributed by atoms with Gasteiger partial charge in [0.2, 0.25) is 5.89 Å². The molecule has 1 amide bonds. The summed E-state index contributed by atoms with van der Waals surface area (Å²) in [5, 5.41) is 15.3. The number of hydrogen-bond donors (Lipinski definition) is 1. The number of carbonyl (C=O) groups is 1. The van der Waals surface area contributed by atoms with Crippen molar-refractivity contribution in [3.05, 3.63) is 71.0 Å². The van der Waals surface area contributed by atoms with Crippen molar-refractivity contribution >= 4 is 11.7 Å². The molecule has 0 aliphatic heterocycles. The van der Waals surface area contributed by atoms with Crippen molar-refractivity contribution in [2.75, 3.05) is 12.4 Å². The Balaban J connectivity index is 1.60. The maximum Gasteiger partial charge on any atom is 0.256 e. The fourth-order valence-electron chi connectivity index (χ4n) is 2.58. The number of nitrogens with zero attached hydrogens (tertiary/aromatic N) is 5. The third-order valence-corrected chi connectivity index (χ3v) is 4.34. The second kappa shape index (κ2) is 8.41. The molecule has 1 unspecified atom stereocenters. The Morgan fingerprint density at radius 3 is 2.61 bits per heavy atom. The van der Waals surface area contributed by atoms with Gasteiger partial charge in [-0.3, -0.25) is 9.69 Å². The molecule has 0 radical (unpaired) electrons. The third-order valence-electron chi connectivity index (χ3n) is 4.34. The molecule has 142 valence electrons. The Morgan fingerprint density at radius 1 is 1.29 bits per heavy atom. The average molecular weight is 376 g/mol. The number of aryl methyl sites for hydroxylation is 1. The van der Waals surface area contributed by atoms with E-state index in [9.17, 15) is 4.79 Å². The summed E-state index contributed by atoms with van der Waals surface area (Å²) in [6.07, 6.45) is 1.42. The van der Waals surface area contributed by atoms with Crippen LogP contribution in [0.15, 0.2) is 47.1 Å². The maximum atomic E-state index is 12.3. The van der Waals surface area contributed by atoms with Gasteiger partial charge in [-0.05, 0) is 50.7 Å². The maximum absolute atomic E-state index is 12.3. The average Bonchev–Trinajstić information content (AvgIpc) is 3.14. The van der Waals surface area contributed by atoms with Crippen LogP contribution in [-0.2, 0) is 6.54 Å². The van der Waals surface area contributed by atoms with Gasteiger partial charge in [0.15, 0.2) is 5.82 Å². The van der Waals surface area contributed by atoms with E-state index in [1.807, 2.05) is 32.2 Å². The van der Waals surface area contributed by atoms with Crippen molar-refractivity contribution in [1.29, 1.82) is 5.26 Å². The molecular weight excluding hydrogens is 356 g/mol. The van der Waals surface area contributed by atoms with Crippen molar-refractivity contribution in [1.82, 2.24) is 20.0 Å². The van der Waals surface area contributed by atoms with Crippen LogP contribution in [-0.4, -0.2) is 33.0 Å². The van der Waals surface area contributed by atoms with Gasteiger partial charge in [-0.15, -0.1) is 0 Å². The van der Waals surface area contributed by atoms with Crippen LogP contribution < -0.4 is 5.32 Å². The first-order valence-electron chi connectivity index (χ1n) is 8.73. The smallest absolute Gasteiger partial charge is 0.256 e. The summed E-state index contributed by atoms with van der Waals surface area (Å²) in [7, 11) is 1.97. The summed E-state index contributed by atoms with van der Waals surface area (Å²) in [4.78, 5) is 22.7. The van der Waals surface area contributed by atoms with Crippen LogP contribution in [0.4, 0.5) is 5.82 Å². The van der Waals surface area contributed by atoms with E-state index in [4.69, 9.17) is 9.78 Å². The van der Waals surface area contributed by atoms with E-state index in [2.05, 4.69) is 25.3 Å². The van der Waals surface area contributed by atoms with Crippen molar-refractivity contribution in [3.8, 4) is 6.07 Å². The molecule has 0 fully saturated rings. The van der Waals surface area contributed by atoms with Gasteiger partial charge < -0.3 is 9.84 Å². The Labute approximate surface area is 162 Å². The van der Waals surface area contributed by atoms with Crippen molar-refractivity contribution in [2.45, 2.75) is 26.4 Å². The first-order valence-corrected chi connectivity index (χ1v) is 8.73. The second-order valence-corrected chi connectivity index (χ2v) is 6.47. The minimum Gasteiger partial charge on any atom is -0.338 e. The fraction of sp³-hybridized carbons (Fsp3) is 0.250. The first kappa shape index (κ1) is 19.2. The lowest BCUT2D eigenvalue weighted by Gasteiger charge is -2.21. The molecular formula is C20H20N6O2. The quantitative estimate of drug-likeness (QED) is 0.704. The van der Waals surface area contributed by atoms with Gasteiger partial charge in [-0.25, -0.2) is 4.98 Å². The predicted octanol–water partition coefficient (Wildman–Crippen LogP) is 3.09. The van der Waals surface area contributed by atoms with Crippen LogP contribution in [0.2, 0.25) is 0 Å².